The van der Waals surface area contributed by atoms with Gasteiger partial charge in [-0.1, -0.05) is 6.07 Å². The van der Waals surface area contributed by atoms with Gasteiger partial charge < -0.3 is 9.32 Å². The maximum absolute atomic E-state index is 12.5. The monoisotopic (exact) mass is 322 g/mol. The maximum Gasteiger partial charge on any atom is 0.223 e. The van der Waals surface area contributed by atoms with Gasteiger partial charge in [-0.15, -0.1) is 0 Å². The number of fused-ring (bicyclic) bond motifs is 1. The summed E-state index contributed by atoms with van der Waals surface area (Å²) in [4.78, 5) is 18.7. The van der Waals surface area contributed by atoms with Crippen LogP contribution in [0.25, 0.3) is 11.5 Å². The van der Waals surface area contributed by atoms with Gasteiger partial charge in [0.05, 0.1) is 6.26 Å². The Morgan fingerprint density at radius 2 is 2.25 bits per heavy atom. The summed E-state index contributed by atoms with van der Waals surface area (Å²) in [6.07, 6.45) is 5.32. The van der Waals surface area contributed by atoms with E-state index < -0.39 is 0 Å². The molecule has 122 valence electrons. The van der Waals surface area contributed by atoms with Crippen molar-refractivity contribution in [3.05, 3.63) is 59.7 Å². The number of aromatic nitrogens is 3. The molecule has 3 aromatic heterocycles. The molecule has 4 rings (SSSR count). The molecule has 0 fully saturated rings. The highest BCUT2D eigenvalue weighted by Crippen LogP contribution is 2.28. The van der Waals surface area contributed by atoms with E-state index >= 15 is 0 Å². The minimum Gasteiger partial charge on any atom is -0.463 e. The van der Waals surface area contributed by atoms with Crippen LogP contribution >= 0.6 is 0 Å². The second-order valence-electron chi connectivity index (χ2n) is 5.89. The van der Waals surface area contributed by atoms with E-state index in [0.29, 0.717) is 25.9 Å². The summed E-state index contributed by atoms with van der Waals surface area (Å²) in [5.74, 6) is 0.883. The molecule has 0 radical (unpaired) electrons. The van der Waals surface area contributed by atoms with Crippen LogP contribution in [-0.2, 0) is 24.2 Å². The Hall–Kier alpha value is -2.89. The minimum absolute atomic E-state index is 0.151. The maximum atomic E-state index is 12.5. The number of hydrogen-bond acceptors (Lipinski definition) is 4. The van der Waals surface area contributed by atoms with Gasteiger partial charge in [0.1, 0.15) is 5.69 Å². The fourth-order valence-corrected chi connectivity index (χ4v) is 3.06. The first-order chi connectivity index (χ1) is 11.8. The standard InChI is InChI=1S/C18H18N4O2/c23-17(7-6-13-4-1-2-9-19-13)22-10-8-15-14(12-22)18(21-20-15)16-5-3-11-24-16/h1-5,9,11H,6-8,10,12H2,(H,20,21). The molecule has 1 N–H and O–H groups in total. The number of carbonyl (C=O) groups excluding carboxylic acids is 1. The summed E-state index contributed by atoms with van der Waals surface area (Å²) in [5.41, 5.74) is 3.90. The second kappa shape index (κ2) is 6.31. The topological polar surface area (TPSA) is 75.0 Å². The Morgan fingerprint density at radius 1 is 1.29 bits per heavy atom. The van der Waals surface area contributed by atoms with Gasteiger partial charge >= 0.3 is 0 Å². The van der Waals surface area contributed by atoms with Crippen molar-refractivity contribution < 1.29 is 9.21 Å². The van der Waals surface area contributed by atoms with Crippen LogP contribution in [0.2, 0.25) is 0 Å². The van der Waals surface area contributed by atoms with Gasteiger partial charge in [0.25, 0.3) is 0 Å². The SMILES string of the molecule is O=C(CCc1ccccn1)N1CCc2[nH]nc(-c3ccco3)c2C1. The average molecular weight is 322 g/mol. The highest BCUT2D eigenvalue weighted by molar-refractivity contribution is 5.77. The lowest BCUT2D eigenvalue weighted by Gasteiger charge is -2.27. The summed E-state index contributed by atoms with van der Waals surface area (Å²) in [6, 6.07) is 9.51. The van der Waals surface area contributed by atoms with E-state index in [1.54, 1.807) is 12.5 Å². The molecule has 3 aromatic rings. The van der Waals surface area contributed by atoms with Gasteiger partial charge in [0.2, 0.25) is 5.91 Å². The van der Waals surface area contributed by atoms with E-state index in [9.17, 15) is 4.79 Å². The lowest BCUT2D eigenvalue weighted by molar-refractivity contribution is -0.132. The lowest BCUT2D eigenvalue weighted by atomic mass is 10.0. The molecule has 0 aliphatic carbocycles. The highest BCUT2D eigenvalue weighted by Gasteiger charge is 2.26. The number of nitrogens with zero attached hydrogens (tertiary/aromatic N) is 3. The van der Waals surface area contributed by atoms with Gasteiger partial charge in [-0.25, -0.2) is 0 Å². The fraction of sp³-hybridized carbons (Fsp3) is 0.278. The number of aromatic amines is 1. The highest BCUT2D eigenvalue weighted by atomic mass is 16.3. The lowest BCUT2D eigenvalue weighted by Crippen LogP contribution is -2.36. The van der Waals surface area contributed by atoms with Crippen molar-refractivity contribution in [2.75, 3.05) is 6.54 Å². The minimum atomic E-state index is 0.151. The predicted octanol–water partition coefficient (Wildman–Crippen LogP) is 2.58. The van der Waals surface area contributed by atoms with Crippen molar-refractivity contribution in [3.63, 3.8) is 0 Å². The number of aryl methyl sites for hydroxylation is 1. The number of hydrogen-bond donors (Lipinski definition) is 1. The number of rotatable bonds is 4. The summed E-state index contributed by atoms with van der Waals surface area (Å²) in [5, 5.41) is 7.43. The van der Waals surface area contributed by atoms with Crippen LogP contribution in [-0.4, -0.2) is 32.5 Å². The van der Waals surface area contributed by atoms with Crippen LogP contribution < -0.4 is 0 Å². The molecule has 0 atom stereocenters. The summed E-state index contributed by atoms with van der Waals surface area (Å²) < 4.78 is 5.45. The van der Waals surface area contributed by atoms with Crippen molar-refractivity contribution in [1.82, 2.24) is 20.1 Å². The molecular formula is C18H18N4O2. The molecule has 0 aromatic carbocycles. The van der Waals surface area contributed by atoms with Crippen LogP contribution in [0.1, 0.15) is 23.4 Å². The van der Waals surface area contributed by atoms with E-state index in [2.05, 4.69) is 15.2 Å². The molecule has 6 nitrogen and oxygen atoms in total. The zero-order valence-electron chi connectivity index (χ0n) is 13.2. The number of furan rings is 1. The third kappa shape index (κ3) is 2.82. The molecule has 24 heavy (non-hydrogen) atoms. The zero-order chi connectivity index (χ0) is 16.4. The Balaban J connectivity index is 1.46. The largest absolute Gasteiger partial charge is 0.463 e. The Morgan fingerprint density at radius 3 is 3.04 bits per heavy atom. The van der Waals surface area contributed by atoms with Gasteiger partial charge in [-0.3, -0.25) is 14.9 Å². The number of nitrogens with one attached hydrogen (secondary N) is 1. The van der Waals surface area contributed by atoms with E-state index in [1.807, 2.05) is 35.2 Å². The summed E-state index contributed by atoms with van der Waals surface area (Å²) in [7, 11) is 0. The van der Waals surface area contributed by atoms with Crippen LogP contribution in [0, 0.1) is 0 Å². The normalized spacial score (nSPS) is 13.8. The Labute approximate surface area is 139 Å². The summed E-state index contributed by atoms with van der Waals surface area (Å²) >= 11 is 0. The molecule has 0 unspecified atom stereocenters. The van der Waals surface area contributed by atoms with Crippen LogP contribution in [0.5, 0.6) is 0 Å². The Kier molecular flexibility index (Phi) is 3.86. The number of pyridine rings is 1. The van der Waals surface area contributed by atoms with E-state index in [-0.39, 0.29) is 5.91 Å². The molecule has 6 heteroatoms. The Bertz CT molecular complexity index is 824. The predicted molar refractivity (Wildman–Crippen MR) is 88.0 cm³/mol. The van der Waals surface area contributed by atoms with Crippen molar-refractivity contribution >= 4 is 5.91 Å². The fourth-order valence-electron chi connectivity index (χ4n) is 3.06. The van der Waals surface area contributed by atoms with E-state index in [1.165, 1.54) is 0 Å². The average Bonchev–Trinajstić information content (AvgIpc) is 3.29. The van der Waals surface area contributed by atoms with Gasteiger partial charge in [0, 0.05) is 49.1 Å². The third-order valence-corrected chi connectivity index (χ3v) is 4.36. The molecule has 1 aliphatic heterocycles. The second-order valence-corrected chi connectivity index (χ2v) is 5.89. The molecule has 0 spiro atoms. The molecular weight excluding hydrogens is 304 g/mol. The van der Waals surface area contributed by atoms with Crippen molar-refractivity contribution in [2.45, 2.75) is 25.8 Å². The first-order valence-electron chi connectivity index (χ1n) is 8.09. The van der Waals surface area contributed by atoms with Gasteiger partial charge in [0.15, 0.2) is 5.76 Å². The van der Waals surface area contributed by atoms with Crippen LogP contribution in [0.4, 0.5) is 0 Å². The molecule has 1 aliphatic rings. The van der Waals surface area contributed by atoms with Crippen molar-refractivity contribution in [3.8, 4) is 11.5 Å². The molecule has 4 heterocycles. The van der Waals surface area contributed by atoms with Gasteiger partial charge in [-0.05, 0) is 30.7 Å². The van der Waals surface area contributed by atoms with Crippen molar-refractivity contribution in [2.24, 2.45) is 0 Å². The first-order valence-corrected chi connectivity index (χ1v) is 8.09. The summed E-state index contributed by atoms with van der Waals surface area (Å²) in [6.45, 7) is 1.29. The molecule has 0 saturated carbocycles. The van der Waals surface area contributed by atoms with Gasteiger partial charge in [-0.2, -0.15) is 5.10 Å². The van der Waals surface area contributed by atoms with Crippen LogP contribution in [0.15, 0.2) is 47.2 Å². The van der Waals surface area contributed by atoms with E-state index in [0.717, 1.165) is 34.8 Å². The van der Waals surface area contributed by atoms with Crippen molar-refractivity contribution in [1.29, 1.82) is 0 Å². The third-order valence-electron chi connectivity index (χ3n) is 4.36. The number of H-pyrrole nitrogens is 1. The first kappa shape index (κ1) is 14.7. The molecule has 0 bridgehead atoms. The number of amides is 1. The number of carbonyl (C=O) groups is 1. The molecule has 1 amide bonds. The zero-order valence-corrected chi connectivity index (χ0v) is 13.2. The quantitative estimate of drug-likeness (QED) is 0.801. The van der Waals surface area contributed by atoms with Crippen LogP contribution in [0.3, 0.4) is 0 Å². The smallest absolute Gasteiger partial charge is 0.223 e. The van der Waals surface area contributed by atoms with E-state index in [4.69, 9.17) is 4.42 Å². The molecule has 0 saturated heterocycles.